The van der Waals surface area contributed by atoms with E-state index in [-0.39, 0.29) is 6.01 Å². The summed E-state index contributed by atoms with van der Waals surface area (Å²) in [6.07, 6.45) is 1.30. The monoisotopic (exact) mass is 265 g/mol. The Balaban J connectivity index is 2.32. The van der Waals surface area contributed by atoms with Crippen molar-refractivity contribution >= 4 is 17.6 Å². The van der Waals surface area contributed by atoms with Gasteiger partial charge in [-0.1, -0.05) is 0 Å². The molecule has 2 rings (SSSR count). The normalized spacial score (nSPS) is 10.2. The van der Waals surface area contributed by atoms with Crippen molar-refractivity contribution < 1.29 is 18.5 Å². The van der Waals surface area contributed by atoms with Crippen LogP contribution in [0.1, 0.15) is 16.1 Å². The molecule has 0 atom stereocenters. The highest BCUT2D eigenvalue weighted by Crippen LogP contribution is 2.20. The lowest BCUT2D eigenvalue weighted by molar-refractivity contribution is -0.385. The summed E-state index contributed by atoms with van der Waals surface area (Å²) in [5.41, 5.74) is -0.368. The summed E-state index contributed by atoms with van der Waals surface area (Å²) < 4.78 is 18.0. The lowest BCUT2D eigenvalue weighted by Gasteiger charge is -2.02. The van der Waals surface area contributed by atoms with Crippen LogP contribution in [0.2, 0.25) is 0 Å². The van der Waals surface area contributed by atoms with E-state index < -0.39 is 27.9 Å². The highest BCUT2D eigenvalue weighted by molar-refractivity contribution is 6.06. The Morgan fingerprint density at radius 1 is 1.53 bits per heavy atom. The van der Waals surface area contributed by atoms with Crippen LogP contribution in [0.5, 0.6) is 0 Å². The predicted octanol–water partition coefficient (Wildman–Crippen LogP) is 2.28. The van der Waals surface area contributed by atoms with Gasteiger partial charge in [0.15, 0.2) is 0 Å². The van der Waals surface area contributed by atoms with Gasteiger partial charge in [-0.15, -0.1) is 0 Å². The Hall–Kier alpha value is -2.77. The zero-order chi connectivity index (χ0) is 14.0. The molecule has 1 N–H and O–H groups in total. The third-order valence-electron chi connectivity index (χ3n) is 2.24. The number of carbonyl (C=O) groups is 1. The highest BCUT2D eigenvalue weighted by atomic mass is 19.1. The number of anilines is 1. The van der Waals surface area contributed by atoms with E-state index in [1.54, 1.807) is 6.92 Å². The number of aryl methyl sites for hydroxylation is 1. The fraction of sp³-hybridized carbons (Fsp3) is 0.0909. The summed E-state index contributed by atoms with van der Waals surface area (Å²) in [5, 5.41) is 13.0. The van der Waals surface area contributed by atoms with Crippen LogP contribution in [0.15, 0.2) is 28.9 Å². The van der Waals surface area contributed by atoms with E-state index in [4.69, 9.17) is 4.42 Å². The Morgan fingerprint density at radius 3 is 2.84 bits per heavy atom. The van der Waals surface area contributed by atoms with E-state index in [9.17, 15) is 19.3 Å². The number of amides is 1. The summed E-state index contributed by atoms with van der Waals surface area (Å²) in [4.78, 5) is 25.6. The lowest BCUT2D eigenvalue weighted by atomic mass is 10.1. The molecule has 19 heavy (non-hydrogen) atoms. The molecular formula is C11H8FN3O4. The fourth-order valence-electron chi connectivity index (χ4n) is 1.43. The average Bonchev–Trinajstić information content (AvgIpc) is 2.74. The maximum absolute atomic E-state index is 13.1. The molecule has 1 aromatic heterocycles. The van der Waals surface area contributed by atoms with Crippen molar-refractivity contribution in [3.63, 3.8) is 0 Å². The number of nitro benzene ring substituents is 1. The lowest BCUT2D eigenvalue weighted by Crippen LogP contribution is -2.14. The van der Waals surface area contributed by atoms with Gasteiger partial charge >= 0.3 is 6.01 Å². The molecular weight excluding hydrogens is 257 g/mol. The van der Waals surface area contributed by atoms with Crippen LogP contribution in [0, 0.1) is 22.9 Å². The Morgan fingerprint density at radius 2 is 2.26 bits per heavy atom. The second kappa shape index (κ2) is 4.84. The van der Waals surface area contributed by atoms with Crippen LogP contribution in [0.25, 0.3) is 0 Å². The third kappa shape index (κ3) is 2.73. The maximum atomic E-state index is 13.1. The summed E-state index contributed by atoms with van der Waals surface area (Å²) >= 11 is 0. The smallest absolute Gasteiger partial charge is 0.301 e. The van der Waals surface area contributed by atoms with Crippen molar-refractivity contribution in [3.8, 4) is 0 Å². The standard InChI is InChI=1S/C11H8FN3O4/c1-6-5-19-11(13-6)14-10(16)8-4-7(12)2-3-9(8)15(17)18/h2-5H,1H3,(H,13,14,16). The molecule has 0 fully saturated rings. The van der Waals surface area contributed by atoms with Crippen molar-refractivity contribution in [2.24, 2.45) is 0 Å². The van der Waals surface area contributed by atoms with Gasteiger partial charge in [0.05, 0.1) is 10.6 Å². The summed E-state index contributed by atoms with van der Waals surface area (Å²) in [7, 11) is 0. The van der Waals surface area contributed by atoms with Crippen molar-refractivity contribution in [1.82, 2.24) is 4.98 Å². The number of rotatable bonds is 3. The van der Waals surface area contributed by atoms with Crippen LogP contribution in [-0.2, 0) is 0 Å². The Labute approximate surface area is 106 Å². The number of nitro groups is 1. The predicted molar refractivity (Wildman–Crippen MR) is 62.2 cm³/mol. The number of hydrogen-bond donors (Lipinski definition) is 1. The van der Waals surface area contributed by atoms with Crippen molar-refractivity contribution in [1.29, 1.82) is 0 Å². The number of benzene rings is 1. The zero-order valence-electron chi connectivity index (χ0n) is 9.71. The van der Waals surface area contributed by atoms with Gasteiger partial charge in [-0.25, -0.2) is 4.39 Å². The number of aromatic nitrogens is 1. The second-order valence-electron chi connectivity index (χ2n) is 3.67. The molecule has 8 heteroatoms. The van der Waals surface area contributed by atoms with Gasteiger partial charge in [0, 0.05) is 6.07 Å². The topological polar surface area (TPSA) is 98.3 Å². The van der Waals surface area contributed by atoms with Gasteiger partial charge in [-0.05, 0) is 19.1 Å². The van der Waals surface area contributed by atoms with E-state index in [1.807, 2.05) is 0 Å². The van der Waals surface area contributed by atoms with E-state index in [0.717, 1.165) is 18.2 Å². The molecule has 0 spiro atoms. The number of carbonyl (C=O) groups excluding carboxylic acids is 1. The minimum Gasteiger partial charge on any atom is -0.432 e. The van der Waals surface area contributed by atoms with Gasteiger partial charge in [0.1, 0.15) is 17.6 Å². The van der Waals surface area contributed by atoms with Crippen molar-refractivity contribution in [3.05, 3.63) is 51.7 Å². The number of nitrogens with zero attached hydrogens (tertiary/aromatic N) is 2. The second-order valence-corrected chi connectivity index (χ2v) is 3.67. The molecule has 0 aliphatic carbocycles. The van der Waals surface area contributed by atoms with Crippen LogP contribution in [0.4, 0.5) is 16.1 Å². The molecule has 0 bridgehead atoms. The van der Waals surface area contributed by atoms with Gasteiger partial charge in [0.25, 0.3) is 11.6 Å². The summed E-state index contributed by atoms with van der Waals surface area (Å²) in [6.45, 7) is 1.64. The molecule has 1 aromatic carbocycles. The highest BCUT2D eigenvalue weighted by Gasteiger charge is 2.22. The minimum absolute atomic E-state index is 0.110. The van der Waals surface area contributed by atoms with Gasteiger partial charge < -0.3 is 4.42 Å². The molecule has 2 aromatic rings. The van der Waals surface area contributed by atoms with Gasteiger partial charge in [-0.2, -0.15) is 4.98 Å². The van der Waals surface area contributed by atoms with Gasteiger partial charge in [-0.3, -0.25) is 20.2 Å². The molecule has 0 radical (unpaired) electrons. The molecule has 98 valence electrons. The first-order chi connectivity index (χ1) is 8.97. The SMILES string of the molecule is Cc1coc(NC(=O)c2cc(F)ccc2[N+](=O)[O-])n1. The minimum atomic E-state index is -0.868. The number of halogens is 1. The molecule has 1 amide bonds. The number of oxazole rings is 1. The average molecular weight is 265 g/mol. The summed E-state index contributed by atoms with van der Waals surface area (Å²) in [6, 6.07) is 2.50. The van der Waals surface area contributed by atoms with Crippen LogP contribution in [-0.4, -0.2) is 15.8 Å². The van der Waals surface area contributed by atoms with E-state index in [2.05, 4.69) is 10.3 Å². The fourth-order valence-corrected chi connectivity index (χ4v) is 1.43. The molecule has 0 unspecified atom stereocenters. The molecule has 0 saturated heterocycles. The van der Waals surface area contributed by atoms with Crippen molar-refractivity contribution in [2.75, 3.05) is 5.32 Å². The van der Waals surface area contributed by atoms with E-state index in [1.165, 1.54) is 6.26 Å². The van der Waals surface area contributed by atoms with Crippen LogP contribution < -0.4 is 5.32 Å². The molecule has 7 nitrogen and oxygen atoms in total. The molecule has 0 saturated carbocycles. The van der Waals surface area contributed by atoms with Crippen LogP contribution in [0.3, 0.4) is 0 Å². The van der Waals surface area contributed by atoms with Crippen LogP contribution >= 0.6 is 0 Å². The quantitative estimate of drug-likeness (QED) is 0.678. The Bertz CT molecular complexity index is 653. The molecule has 1 heterocycles. The van der Waals surface area contributed by atoms with E-state index in [0.29, 0.717) is 5.69 Å². The number of nitrogens with one attached hydrogen (secondary N) is 1. The third-order valence-corrected chi connectivity index (χ3v) is 2.24. The maximum Gasteiger partial charge on any atom is 0.301 e. The Kier molecular flexibility index (Phi) is 3.23. The zero-order valence-corrected chi connectivity index (χ0v) is 9.71. The first-order valence-electron chi connectivity index (χ1n) is 5.15. The van der Waals surface area contributed by atoms with Crippen molar-refractivity contribution in [2.45, 2.75) is 6.92 Å². The summed E-state index contributed by atoms with van der Waals surface area (Å²) in [5.74, 6) is -1.62. The largest absolute Gasteiger partial charge is 0.432 e. The van der Waals surface area contributed by atoms with Gasteiger partial charge in [0.2, 0.25) is 0 Å². The molecule has 0 aliphatic rings. The first kappa shape index (κ1) is 12.7. The first-order valence-corrected chi connectivity index (χ1v) is 5.15. The number of hydrogen-bond acceptors (Lipinski definition) is 5. The van der Waals surface area contributed by atoms with E-state index >= 15 is 0 Å². The molecule has 0 aliphatic heterocycles.